The van der Waals surface area contributed by atoms with Crippen LogP contribution in [0.15, 0.2) is 91.5 Å². The smallest absolute Gasteiger partial charge is 0.242 e. The summed E-state index contributed by atoms with van der Waals surface area (Å²) >= 11 is 0. The van der Waals surface area contributed by atoms with E-state index in [9.17, 15) is 4.79 Å². The van der Waals surface area contributed by atoms with E-state index in [1.807, 2.05) is 33.9 Å². The number of rotatable bonds is 4. The molecule has 0 radical (unpaired) electrons. The minimum Gasteiger partial charge on any atom is -0.366 e. The number of amides is 1. The van der Waals surface area contributed by atoms with Gasteiger partial charge in [0.25, 0.3) is 0 Å². The second-order valence-corrected chi connectivity index (χ2v) is 8.51. The second-order valence-electron chi connectivity index (χ2n) is 8.51. The van der Waals surface area contributed by atoms with Gasteiger partial charge in [0, 0.05) is 56.4 Å². The van der Waals surface area contributed by atoms with E-state index in [4.69, 9.17) is 0 Å². The Morgan fingerprint density at radius 3 is 2.18 bits per heavy atom. The van der Waals surface area contributed by atoms with Gasteiger partial charge in [0.15, 0.2) is 0 Å². The van der Waals surface area contributed by atoms with Crippen LogP contribution >= 0.6 is 0 Å². The van der Waals surface area contributed by atoms with Crippen molar-refractivity contribution in [3.8, 4) is 5.69 Å². The number of hydrogen-bond acceptors (Lipinski definition) is 3. The van der Waals surface area contributed by atoms with Gasteiger partial charge in [-0.25, -0.2) is 4.98 Å². The molecule has 3 aromatic heterocycles. The van der Waals surface area contributed by atoms with Crippen molar-refractivity contribution in [1.82, 2.24) is 19.0 Å². The molecule has 0 N–H and O–H groups in total. The third-order valence-corrected chi connectivity index (χ3v) is 6.51. The largest absolute Gasteiger partial charge is 0.366 e. The molecule has 164 valence electrons. The monoisotopic (exact) mass is 435 g/mol. The second kappa shape index (κ2) is 8.13. The summed E-state index contributed by atoms with van der Waals surface area (Å²) in [5, 5.41) is 3.52. The van der Waals surface area contributed by atoms with Crippen molar-refractivity contribution in [3.63, 3.8) is 0 Å². The molecule has 1 saturated heterocycles. The molecular formula is C27H25N5O. The fourth-order valence-electron chi connectivity index (χ4n) is 4.76. The number of hydrogen-bond donors (Lipinski definition) is 0. The minimum absolute atomic E-state index is 0.141. The molecule has 0 spiro atoms. The summed E-state index contributed by atoms with van der Waals surface area (Å²) in [5.74, 6) is 0.141. The normalized spacial score (nSPS) is 14.3. The van der Waals surface area contributed by atoms with E-state index in [0.29, 0.717) is 19.6 Å². The van der Waals surface area contributed by atoms with Gasteiger partial charge in [0.1, 0.15) is 12.2 Å². The zero-order valence-electron chi connectivity index (χ0n) is 18.3. The molecule has 1 aliphatic rings. The molecule has 1 amide bonds. The maximum Gasteiger partial charge on any atom is 0.242 e. The Morgan fingerprint density at radius 1 is 0.758 bits per heavy atom. The van der Waals surface area contributed by atoms with Crippen molar-refractivity contribution in [2.45, 2.75) is 6.54 Å². The van der Waals surface area contributed by atoms with E-state index in [1.54, 1.807) is 6.20 Å². The first-order chi connectivity index (χ1) is 16.3. The molecule has 33 heavy (non-hydrogen) atoms. The summed E-state index contributed by atoms with van der Waals surface area (Å²) < 4.78 is 4.15. The van der Waals surface area contributed by atoms with Gasteiger partial charge < -0.3 is 18.9 Å². The van der Waals surface area contributed by atoms with Crippen LogP contribution in [-0.4, -0.2) is 51.1 Å². The summed E-state index contributed by atoms with van der Waals surface area (Å²) in [7, 11) is 0. The van der Waals surface area contributed by atoms with Crippen LogP contribution in [0.1, 0.15) is 0 Å². The predicted octanol–water partition coefficient (Wildman–Crippen LogP) is 4.33. The van der Waals surface area contributed by atoms with Crippen molar-refractivity contribution >= 4 is 33.4 Å². The van der Waals surface area contributed by atoms with Crippen molar-refractivity contribution in [1.29, 1.82) is 0 Å². The average Bonchev–Trinajstić information content (AvgIpc) is 3.48. The maximum absolute atomic E-state index is 13.0. The van der Waals surface area contributed by atoms with Crippen LogP contribution < -0.4 is 4.90 Å². The number of pyridine rings is 1. The van der Waals surface area contributed by atoms with E-state index in [-0.39, 0.29) is 5.91 Å². The lowest BCUT2D eigenvalue weighted by Crippen LogP contribution is -2.49. The Hall–Kier alpha value is -4.06. The minimum atomic E-state index is 0.141. The maximum atomic E-state index is 13.0. The Balaban J connectivity index is 1.18. The van der Waals surface area contributed by atoms with E-state index in [2.05, 4.69) is 75.4 Å². The highest BCUT2D eigenvalue weighted by atomic mass is 16.2. The molecule has 6 nitrogen and oxygen atoms in total. The van der Waals surface area contributed by atoms with E-state index >= 15 is 0 Å². The van der Waals surface area contributed by atoms with Crippen molar-refractivity contribution in [2.75, 3.05) is 31.1 Å². The Kier molecular flexibility index (Phi) is 4.83. The van der Waals surface area contributed by atoms with Crippen LogP contribution in [-0.2, 0) is 11.3 Å². The number of carbonyl (C=O) groups excluding carboxylic acids is 1. The third kappa shape index (κ3) is 3.63. The van der Waals surface area contributed by atoms with Gasteiger partial charge in [-0.3, -0.25) is 4.79 Å². The van der Waals surface area contributed by atoms with Gasteiger partial charge in [-0.05, 0) is 41.1 Å². The molecule has 0 unspecified atom stereocenters. The first kappa shape index (κ1) is 19.6. The van der Waals surface area contributed by atoms with Crippen LogP contribution in [0.25, 0.3) is 27.5 Å². The fraction of sp³-hybridized carbons (Fsp3) is 0.185. The molecule has 6 heteroatoms. The van der Waals surface area contributed by atoms with Crippen molar-refractivity contribution < 1.29 is 4.79 Å². The Morgan fingerprint density at radius 2 is 1.42 bits per heavy atom. The molecule has 4 heterocycles. The molecule has 1 aliphatic heterocycles. The van der Waals surface area contributed by atoms with Gasteiger partial charge >= 0.3 is 0 Å². The summed E-state index contributed by atoms with van der Waals surface area (Å²) in [5.41, 5.74) is 3.22. The van der Waals surface area contributed by atoms with Gasteiger partial charge in [-0.15, -0.1) is 0 Å². The van der Waals surface area contributed by atoms with Gasteiger partial charge in [0.05, 0.1) is 11.4 Å². The first-order valence-electron chi connectivity index (χ1n) is 11.3. The average molecular weight is 436 g/mol. The van der Waals surface area contributed by atoms with Gasteiger partial charge in [-0.2, -0.15) is 0 Å². The van der Waals surface area contributed by atoms with E-state index < -0.39 is 0 Å². The quantitative estimate of drug-likeness (QED) is 0.422. The summed E-state index contributed by atoms with van der Waals surface area (Å²) in [6, 6.07) is 22.9. The van der Waals surface area contributed by atoms with Crippen molar-refractivity contribution in [2.24, 2.45) is 0 Å². The molecular weight excluding hydrogens is 410 g/mol. The zero-order valence-corrected chi connectivity index (χ0v) is 18.3. The number of benzene rings is 2. The Bertz CT molecular complexity index is 1410. The highest BCUT2D eigenvalue weighted by Crippen LogP contribution is 2.28. The van der Waals surface area contributed by atoms with Crippen LogP contribution in [0.3, 0.4) is 0 Å². The zero-order chi connectivity index (χ0) is 22.2. The summed E-state index contributed by atoms with van der Waals surface area (Å²) in [4.78, 5) is 21.8. The third-order valence-electron chi connectivity index (χ3n) is 6.51. The molecule has 0 saturated carbocycles. The van der Waals surface area contributed by atoms with E-state index in [0.717, 1.165) is 24.1 Å². The number of anilines is 1. The predicted molar refractivity (Wildman–Crippen MR) is 132 cm³/mol. The topological polar surface area (TPSA) is 46.3 Å². The molecule has 5 aromatic rings. The summed E-state index contributed by atoms with van der Waals surface area (Å²) in [6.07, 6.45) is 8.09. The first-order valence-corrected chi connectivity index (χ1v) is 11.3. The number of aromatic nitrogens is 3. The highest BCUT2D eigenvalue weighted by molar-refractivity contribution is 5.84. The summed E-state index contributed by atoms with van der Waals surface area (Å²) in [6.45, 7) is 3.39. The SMILES string of the molecule is O=C(Cn1ccc2cccnc21)N1CCN(c2ccccc2-n2cc3ccccc3c2)CC1. The van der Waals surface area contributed by atoms with Crippen molar-refractivity contribution in [3.05, 3.63) is 91.5 Å². The lowest BCUT2D eigenvalue weighted by molar-refractivity contribution is -0.132. The molecule has 0 aliphatic carbocycles. The number of para-hydroxylation sites is 2. The molecule has 6 rings (SSSR count). The van der Waals surface area contributed by atoms with Gasteiger partial charge in [-0.1, -0.05) is 36.4 Å². The molecule has 0 atom stereocenters. The number of nitrogens with zero attached hydrogens (tertiary/aromatic N) is 5. The lowest BCUT2D eigenvalue weighted by atomic mass is 10.2. The van der Waals surface area contributed by atoms with Gasteiger partial charge in [0.2, 0.25) is 5.91 Å². The fourth-order valence-corrected chi connectivity index (χ4v) is 4.76. The number of piperazine rings is 1. The van der Waals surface area contributed by atoms with Crippen LogP contribution in [0.4, 0.5) is 5.69 Å². The standard InChI is InChI=1S/C27H25N5O/c33-26(20-31-13-11-21-8-5-12-28-27(21)31)30-16-14-29(15-17-30)24-9-3-4-10-25(24)32-18-22-6-1-2-7-23(22)19-32/h1-13,18-19H,14-17,20H2. The highest BCUT2D eigenvalue weighted by Gasteiger charge is 2.23. The number of carbonyl (C=O) groups is 1. The van der Waals surface area contributed by atoms with Crippen LogP contribution in [0.2, 0.25) is 0 Å². The Labute approximate surface area is 192 Å². The lowest BCUT2D eigenvalue weighted by Gasteiger charge is -2.37. The van der Waals surface area contributed by atoms with Crippen LogP contribution in [0, 0.1) is 0 Å². The molecule has 1 fully saturated rings. The number of fused-ring (bicyclic) bond motifs is 2. The molecule has 2 aromatic carbocycles. The van der Waals surface area contributed by atoms with Crippen LogP contribution in [0.5, 0.6) is 0 Å². The van der Waals surface area contributed by atoms with E-state index in [1.165, 1.54) is 22.1 Å². The molecule has 0 bridgehead atoms.